The molecule has 0 spiro atoms. The number of rotatable bonds is 7. The van der Waals surface area contributed by atoms with Gasteiger partial charge in [0.1, 0.15) is 0 Å². The first-order chi connectivity index (χ1) is 15.2. The van der Waals surface area contributed by atoms with E-state index in [0.717, 1.165) is 51.4 Å². The molecule has 0 radical (unpaired) electrons. The second-order valence-electron chi connectivity index (χ2n) is 9.24. The molecule has 2 aliphatic heterocycles. The molecular weight excluding hydrogens is 406 g/mol. The number of carbonyl (C=O) groups is 1. The van der Waals surface area contributed by atoms with Crippen molar-refractivity contribution in [3.8, 4) is 0 Å². The number of hydrogen-bond acceptors (Lipinski definition) is 4. The predicted molar refractivity (Wildman–Crippen MR) is 129 cm³/mol. The Labute approximate surface area is 191 Å². The van der Waals surface area contributed by atoms with Gasteiger partial charge in [0.15, 0.2) is 5.96 Å². The van der Waals surface area contributed by atoms with Gasteiger partial charge in [-0.25, -0.2) is 0 Å². The number of nitrogens with zero attached hydrogens (tertiary/aromatic N) is 3. The predicted octanol–water partition coefficient (Wildman–Crippen LogP) is 3.62. The summed E-state index contributed by atoms with van der Waals surface area (Å²) in [7, 11) is 0. The lowest BCUT2D eigenvalue weighted by Crippen LogP contribution is -2.46. The highest BCUT2D eigenvalue weighted by molar-refractivity contribution is 7.10. The van der Waals surface area contributed by atoms with Gasteiger partial charge in [-0.2, -0.15) is 0 Å². The Kier molecular flexibility index (Phi) is 8.25. The topological polar surface area (TPSA) is 60.0 Å². The van der Waals surface area contributed by atoms with E-state index < -0.39 is 0 Å². The molecule has 1 aromatic rings. The zero-order valence-electron chi connectivity index (χ0n) is 19.0. The molecule has 1 saturated carbocycles. The minimum atomic E-state index is 0.265. The highest BCUT2D eigenvalue weighted by Crippen LogP contribution is 2.29. The van der Waals surface area contributed by atoms with Crippen LogP contribution in [0.1, 0.15) is 69.2 Å². The monoisotopic (exact) mass is 445 g/mol. The Morgan fingerprint density at radius 1 is 1.16 bits per heavy atom. The summed E-state index contributed by atoms with van der Waals surface area (Å²) < 4.78 is 0. The fourth-order valence-corrected chi connectivity index (χ4v) is 6.15. The average Bonchev–Trinajstić information content (AvgIpc) is 3.57. The van der Waals surface area contributed by atoms with Crippen molar-refractivity contribution < 1.29 is 4.79 Å². The van der Waals surface area contributed by atoms with Crippen molar-refractivity contribution in [1.29, 1.82) is 0 Å². The summed E-state index contributed by atoms with van der Waals surface area (Å²) in [6.07, 6.45) is 9.46. The molecule has 4 rings (SSSR count). The third-order valence-electron chi connectivity index (χ3n) is 7.01. The lowest BCUT2D eigenvalue weighted by Gasteiger charge is -2.27. The molecule has 0 bridgehead atoms. The molecule has 1 amide bonds. The fraction of sp³-hybridized carbons (Fsp3) is 0.750. The van der Waals surface area contributed by atoms with Crippen LogP contribution in [-0.2, 0) is 4.79 Å². The van der Waals surface area contributed by atoms with Crippen LogP contribution in [-0.4, -0.2) is 67.0 Å². The molecule has 0 aromatic carbocycles. The van der Waals surface area contributed by atoms with Crippen molar-refractivity contribution in [2.45, 2.75) is 70.4 Å². The highest BCUT2D eigenvalue weighted by Gasteiger charge is 2.32. The van der Waals surface area contributed by atoms with Crippen LogP contribution in [0, 0.1) is 5.92 Å². The van der Waals surface area contributed by atoms with Gasteiger partial charge in [-0.15, -0.1) is 11.3 Å². The molecule has 6 nitrogen and oxygen atoms in total. The number of hydrogen-bond donors (Lipinski definition) is 2. The van der Waals surface area contributed by atoms with E-state index in [4.69, 9.17) is 4.99 Å². The second kappa shape index (κ2) is 11.3. The molecule has 7 heteroatoms. The van der Waals surface area contributed by atoms with Crippen molar-refractivity contribution in [2.75, 3.05) is 39.3 Å². The summed E-state index contributed by atoms with van der Waals surface area (Å²) in [5.41, 5.74) is 0. The Hall–Kier alpha value is -1.60. The number of aliphatic imine (C=N–C) groups is 1. The van der Waals surface area contributed by atoms with Gasteiger partial charge in [0.2, 0.25) is 5.91 Å². The average molecular weight is 446 g/mol. The van der Waals surface area contributed by atoms with Crippen LogP contribution in [0.15, 0.2) is 22.5 Å². The molecule has 3 aliphatic rings. The standard InChI is InChI=1S/C24H39N5OS/c1-2-25-24(26-17-21(22-11-8-16-31-22)28-13-6-7-14-28)27-20-12-15-29(18-20)23(30)19-9-4-3-5-10-19/h8,11,16,19-21H,2-7,9-10,12-15,17-18H2,1H3,(H2,25,26,27). The molecule has 3 fully saturated rings. The molecule has 2 unspecified atom stereocenters. The normalized spacial score (nSPS) is 24.5. The number of guanidine groups is 1. The van der Waals surface area contributed by atoms with E-state index in [9.17, 15) is 4.79 Å². The van der Waals surface area contributed by atoms with Crippen LogP contribution < -0.4 is 10.6 Å². The van der Waals surface area contributed by atoms with Gasteiger partial charge in [-0.1, -0.05) is 25.3 Å². The van der Waals surface area contributed by atoms with Crippen LogP contribution in [0.3, 0.4) is 0 Å². The number of nitrogens with one attached hydrogen (secondary N) is 2. The molecular formula is C24H39N5OS. The Balaban J connectivity index is 1.34. The van der Waals surface area contributed by atoms with Gasteiger partial charge >= 0.3 is 0 Å². The smallest absolute Gasteiger partial charge is 0.225 e. The van der Waals surface area contributed by atoms with Crippen molar-refractivity contribution >= 4 is 23.2 Å². The van der Waals surface area contributed by atoms with Gasteiger partial charge in [0.25, 0.3) is 0 Å². The SMILES string of the molecule is CCNC(=NCC(c1cccs1)N1CCCC1)NC1CCN(C(=O)C2CCCCC2)C1. The molecule has 2 saturated heterocycles. The van der Waals surface area contributed by atoms with E-state index in [0.29, 0.717) is 11.9 Å². The van der Waals surface area contributed by atoms with Gasteiger partial charge in [-0.05, 0) is 63.6 Å². The summed E-state index contributed by atoms with van der Waals surface area (Å²) in [5, 5.41) is 9.22. The number of amides is 1. The van der Waals surface area contributed by atoms with Crippen molar-refractivity contribution in [1.82, 2.24) is 20.4 Å². The highest BCUT2D eigenvalue weighted by atomic mass is 32.1. The maximum Gasteiger partial charge on any atom is 0.225 e. The summed E-state index contributed by atoms with van der Waals surface area (Å²) in [4.78, 5) is 24.0. The molecule has 172 valence electrons. The maximum atomic E-state index is 12.9. The summed E-state index contributed by atoms with van der Waals surface area (Å²) in [6.45, 7) is 7.75. The lowest BCUT2D eigenvalue weighted by molar-refractivity contribution is -0.135. The van der Waals surface area contributed by atoms with Crippen molar-refractivity contribution in [2.24, 2.45) is 10.9 Å². The fourth-order valence-electron chi connectivity index (χ4n) is 5.30. The van der Waals surface area contributed by atoms with Crippen LogP contribution >= 0.6 is 11.3 Å². The van der Waals surface area contributed by atoms with Gasteiger partial charge < -0.3 is 15.5 Å². The molecule has 1 aromatic heterocycles. The lowest BCUT2D eigenvalue weighted by atomic mass is 9.88. The number of likely N-dealkylation sites (tertiary alicyclic amines) is 2. The second-order valence-corrected chi connectivity index (χ2v) is 10.2. The van der Waals surface area contributed by atoms with E-state index in [1.807, 2.05) is 11.3 Å². The quantitative estimate of drug-likeness (QED) is 0.497. The Bertz CT molecular complexity index is 710. The van der Waals surface area contributed by atoms with Gasteiger partial charge in [-0.3, -0.25) is 14.7 Å². The minimum absolute atomic E-state index is 0.265. The maximum absolute atomic E-state index is 12.9. The molecule has 1 aliphatic carbocycles. The first kappa shape index (κ1) is 22.6. The summed E-state index contributed by atoms with van der Waals surface area (Å²) >= 11 is 1.84. The zero-order valence-corrected chi connectivity index (χ0v) is 19.8. The van der Waals surface area contributed by atoms with E-state index in [1.54, 1.807) is 0 Å². The van der Waals surface area contributed by atoms with Gasteiger partial charge in [0.05, 0.1) is 12.6 Å². The molecule has 2 N–H and O–H groups in total. The van der Waals surface area contributed by atoms with E-state index in [1.165, 1.54) is 50.1 Å². The molecule has 2 atom stereocenters. The first-order valence-electron chi connectivity index (χ1n) is 12.4. The third kappa shape index (κ3) is 6.01. The minimum Gasteiger partial charge on any atom is -0.357 e. The third-order valence-corrected chi connectivity index (χ3v) is 7.99. The van der Waals surface area contributed by atoms with E-state index in [2.05, 4.69) is 44.9 Å². The zero-order chi connectivity index (χ0) is 21.5. The largest absolute Gasteiger partial charge is 0.357 e. The molecule has 31 heavy (non-hydrogen) atoms. The van der Waals surface area contributed by atoms with Crippen LogP contribution in [0.25, 0.3) is 0 Å². The van der Waals surface area contributed by atoms with Crippen LogP contribution in [0.5, 0.6) is 0 Å². The summed E-state index contributed by atoms with van der Waals surface area (Å²) in [5.74, 6) is 1.54. The Morgan fingerprint density at radius 2 is 1.97 bits per heavy atom. The van der Waals surface area contributed by atoms with Gasteiger partial charge in [0, 0.05) is 36.5 Å². The van der Waals surface area contributed by atoms with E-state index >= 15 is 0 Å². The first-order valence-corrected chi connectivity index (χ1v) is 13.2. The molecule has 3 heterocycles. The van der Waals surface area contributed by atoms with Crippen molar-refractivity contribution in [3.63, 3.8) is 0 Å². The van der Waals surface area contributed by atoms with Crippen LogP contribution in [0.4, 0.5) is 0 Å². The summed E-state index contributed by atoms with van der Waals surface area (Å²) in [6, 6.07) is 5.05. The number of thiophene rings is 1. The van der Waals surface area contributed by atoms with Crippen molar-refractivity contribution in [3.05, 3.63) is 22.4 Å². The Morgan fingerprint density at radius 3 is 2.68 bits per heavy atom. The van der Waals surface area contributed by atoms with E-state index in [-0.39, 0.29) is 12.0 Å². The van der Waals surface area contributed by atoms with Crippen LogP contribution in [0.2, 0.25) is 0 Å². The number of carbonyl (C=O) groups excluding carboxylic acids is 1.